The van der Waals surface area contributed by atoms with Gasteiger partial charge >= 0.3 is 0 Å². The van der Waals surface area contributed by atoms with Crippen LogP contribution >= 0.6 is 11.8 Å². The zero-order valence-corrected chi connectivity index (χ0v) is 13.5. The number of aliphatic hydroxyl groups excluding tert-OH is 1. The molecule has 0 radical (unpaired) electrons. The van der Waals surface area contributed by atoms with Crippen molar-refractivity contribution in [2.45, 2.75) is 44.4 Å². The average molecular weight is 295 g/mol. The van der Waals surface area contributed by atoms with Gasteiger partial charge in [-0.3, -0.25) is 4.79 Å². The first-order chi connectivity index (χ1) is 9.49. The van der Waals surface area contributed by atoms with E-state index in [1.165, 1.54) is 11.1 Å². The minimum Gasteiger partial charge on any atom is -0.395 e. The summed E-state index contributed by atoms with van der Waals surface area (Å²) in [4.78, 5) is 12.1. The molecule has 0 heterocycles. The number of carbonyl (C=O) groups is 1. The van der Waals surface area contributed by atoms with E-state index in [1.54, 1.807) is 11.8 Å². The third-order valence-corrected chi connectivity index (χ3v) is 4.80. The molecule has 1 aromatic carbocycles. The van der Waals surface area contributed by atoms with E-state index in [9.17, 15) is 9.90 Å². The van der Waals surface area contributed by atoms with Crippen molar-refractivity contribution in [3.63, 3.8) is 0 Å². The molecule has 1 amide bonds. The van der Waals surface area contributed by atoms with Crippen molar-refractivity contribution in [1.29, 1.82) is 0 Å². The fraction of sp³-hybridized carbons (Fsp3) is 0.562. The second-order valence-corrected chi connectivity index (χ2v) is 6.35. The van der Waals surface area contributed by atoms with Crippen LogP contribution in [-0.2, 0) is 4.79 Å². The second-order valence-electron chi connectivity index (χ2n) is 5.27. The fourth-order valence-electron chi connectivity index (χ4n) is 2.37. The van der Waals surface area contributed by atoms with Gasteiger partial charge in [0.25, 0.3) is 0 Å². The highest BCUT2D eigenvalue weighted by atomic mass is 32.2. The normalized spacial score (nSPS) is 15.4. The summed E-state index contributed by atoms with van der Waals surface area (Å²) in [5, 5.41) is 12.3. The topological polar surface area (TPSA) is 49.3 Å². The van der Waals surface area contributed by atoms with Gasteiger partial charge in [-0.25, -0.2) is 0 Å². The van der Waals surface area contributed by atoms with Gasteiger partial charge in [0.1, 0.15) is 0 Å². The van der Waals surface area contributed by atoms with E-state index in [0.29, 0.717) is 6.42 Å². The molecular formula is C16H25NO2S. The van der Waals surface area contributed by atoms with Gasteiger partial charge in [-0.15, -0.1) is 0 Å². The number of carbonyl (C=O) groups excluding carboxylic acids is 1. The SMILES string of the molecule is CSC(CO)C(C)NC(=O)CC(C)c1ccccc1C. The third kappa shape index (κ3) is 4.84. The molecule has 112 valence electrons. The molecule has 0 bridgehead atoms. The molecule has 4 heteroatoms. The quantitative estimate of drug-likeness (QED) is 0.813. The molecule has 0 aliphatic heterocycles. The smallest absolute Gasteiger partial charge is 0.220 e. The number of rotatable bonds is 7. The summed E-state index contributed by atoms with van der Waals surface area (Å²) in [6.45, 7) is 6.16. The van der Waals surface area contributed by atoms with E-state index < -0.39 is 0 Å². The summed E-state index contributed by atoms with van der Waals surface area (Å²) in [6, 6.07) is 8.15. The number of hydrogen-bond acceptors (Lipinski definition) is 3. The van der Waals surface area contributed by atoms with Gasteiger partial charge in [0.15, 0.2) is 0 Å². The number of amides is 1. The summed E-state index contributed by atoms with van der Waals surface area (Å²) in [5.74, 6) is 0.242. The number of benzene rings is 1. The van der Waals surface area contributed by atoms with Gasteiger partial charge in [0.2, 0.25) is 5.91 Å². The molecule has 0 fully saturated rings. The van der Waals surface area contributed by atoms with Crippen molar-refractivity contribution in [2.75, 3.05) is 12.9 Å². The van der Waals surface area contributed by atoms with Crippen LogP contribution in [0.15, 0.2) is 24.3 Å². The highest BCUT2D eigenvalue weighted by Crippen LogP contribution is 2.22. The lowest BCUT2D eigenvalue weighted by Gasteiger charge is -2.22. The monoisotopic (exact) mass is 295 g/mol. The number of aliphatic hydroxyl groups is 1. The van der Waals surface area contributed by atoms with Crippen molar-refractivity contribution in [3.05, 3.63) is 35.4 Å². The van der Waals surface area contributed by atoms with Crippen molar-refractivity contribution in [1.82, 2.24) is 5.32 Å². The van der Waals surface area contributed by atoms with Crippen LogP contribution in [0.5, 0.6) is 0 Å². The predicted molar refractivity (Wildman–Crippen MR) is 86.2 cm³/mol. The highest BCUT2D eigenvalue weighted by molar-refractivity contribution is 7.99. The maximum atomic E-state index is 12.1. The van der Waals surface area contributed by atoms with Crippen LogP contribution in [0.3, 0.4) is 0 Å². The van der Waals surface area contributed by atoms with E-state index in [2.05, 4.69) is 31.3 Å². The first-order valence-electron chi connectivity index (χ1n) is 6.98. The fourth-order valence-corrected chi connectivity index (χ4v) is 3.00. The van der Waals surface area contributed by atoms with Gasteiger partial charge in [0.05, 0.1) is 6.61 Å². The van der Waals surface area contributed by atoms with Crippen LogP contribution in [0.4, 0.5) is 0 Å². The molecule has 0 saturated carbocycles. The first-order valence-corrected chi connectivity index (χ1v) is 8.26. The van der Waals surface area contributed by atoms with Crippen molar-refractivity contribution in [2.24, 2.45) is 0 Å². The Hall–Kier alpha value is -1.00. The summed E-state index contributed by atoms with van der Waals surface area (Å²) >= 11 is 1.57. The largest absolute Gasteiger partial charge is 0.395 e. The van der Waals surface area contributed by atoms with Gasteiger partial charge in [-0.2, -0.15) is 11.8 Å². The Bertz CT molecular complexity index is 432. The lowest BCUT2D eigenvalue weighted by Crippen LogP contribution is -2.41. The highest BCUT2D eigenvalue weighted by Gasteiger charge is 2.19. The van der Waals surface area contributed by atoms with Gasteiger partial charge < -0.3 is 10.4 Å². The van der Waals surface area contributed by atoms with Crippen LogP contribution in [-0.4, -0.2) is 35.2 Å². The maximum absolute atomic E-state index is 12.1. The lowest BCUT2D eigenvalue weighted by atomic mass is 9.93. The Labute approximate surface area is 126 Å². The van der Waals surface area contributed by atoms with Gasteiger partial charge in [0, 0.05) is 17.7 Å². The molecule has 1 rings (SSSR count). The van der Waals surface area contributed by atoms with Gasteiger partial charge in [-0.05, 0) is 37.1 Å². The number of nitrogens with one attached hydrogen (secondary N) is 1. The zero-order chi connectivity index (χ0) is 15.1. The molecule has 1 aromatic rings. The minimum atomic E-state index is -0.0217. The molecule has 0 aliphatic rings. The Morgan fingerprint density at radius 2 is 2.00 bits per heavy atom. The predicted octanol–water partition coefficient (Wildman–Crippen LogP) is 2.72. The van der Waals surface area contributed by atoms with Crippen LogP contribution in [0.25, 0.3) is 0 Å². The summed E-state index contributed by atoms with van der Waals surface area (Å²) < 4.78 is 0. The number of aryl methyl sites for hydroxylation is 1. The summed E-state index contributed by atoms with van der Waals surface area (Å²) in [7, 11) is 0. The molecule has 0 saturated heterocycles. The molecular weight excluding hydrogens is 270 g/mol. The number of hydrogen-bond donors (Lipinski definition) is 2. The molecule has 3 unspecified atom stereocenters. The third-order valence-electron chi connectivity index (χ3n) is 3.64. The molecule has 0 aromatic heterocycles. The van der Waals surface area contributed by atoms with Crippen molar-refractivity contribution in [3.8, 4) is 0 Å². The first kappa shape index (κ1) is 17.1. The van der Waals surface area contributed by atoms with Crippen LogP contribution in [0.2, 0.25) is 0 Å². The van der Waals surface area contributed by atoms with Crippen LogP contribution < -0.4 is 5.32 Å². The van der Waals surface area contributed by atoms with E-state index in [0.717, 1.165) is 0 Å². The van der Waals surface area contributed by atoms with Crippen LogP contribution in [0.1, 0.15) is 37.3 Å². The minimum absolute atomic E-state index is 0.0217. The molecule has 20 heavy (non-hydrogen) atoms. The molecule has 0 spiro atoms. The average Bonchev–Trinajstić information content (AvgIpc) is 2.40. The summed E-state index contributed by atoms with van der Waals surface area (Å²) in [6.07, 6.45) is 2.42. The Balaban J connectivity index is 2.56. The Morgan fingerprint density at radius 1 is 1.35 bits per heavy atom. The zero-order valence-electron chi connectivity index (χ0n) is 12.7. The standard InChI is InChI=1S/C16H25NO2S/c1-11-7-5-6-8-14(11)12(2)9-16(19)17-13(3)15(10-18)20-4/h5-8,12-13,15,18H,9-10H2,1-4H3,(H,17,19). The number of thioether (sulfide) groups is 1. The second kappa shape index (κ2) is 8.32. The van der Waals surface area contributed by atoms with E-state index >= 15 is 0 Å². The Morgan fingerprint density at radius 3 is 2.55 bits per heavy atom. The van der Waals surface area contributed by atoms with Gasteiger partial charge in [-0.1, -0.05) is 31.2 Å². The molecule has 2 N–H and O–H groups in total. The lowest BCUT2D eigenvalue weighted by molar-refractivity contribution is -0.122. The molecule has 3 nitrogen and oxygen atoms in total. The Kier molecular flexibility index (Phi) is 7.10. The maximum Gasteiger partial charge on any atom is 0.220 e. The van der Waals surface area contributed by atoms with E-state index in [4.69, 9.17) is 0 Å². The van der Waals surface area contributed by atoms with Crippen molar-refractivity contribution >= 4 is 17.7 Å². The summed E-state index contributed by atoms with van der Waals surface area (Å²) in [5.41, 5.74) is 2.44. The van der Waals surface area contributed by atoms with Crippen LogP contribution in [0, 0.1) is 6.92 Å². The molecule has 3 atom stereocenters. The van der Waals surface area contributed by atoms with E-state index in [1.807, 2.05) is 25.3 Å². The van der Waals surface area contributed by atoms with Crippen molar-refractivity contribution < 1.29 is 9.90 Å². The van der Waals surface area contributed by atoms with E-state index in [-0.39, 0.29) is 29.7 Å². The molecule has 0 aliphatic carbocycles.